The molecular weight excluding hydrogens is 360 g/mol. The Bertz CT molecular complexity index is 864. The summed E-state index contributed by atoms with van der Waals surface area (Å²) < 4.78 is 0. The molecule has 0 aliphatic heterocycles. The molecule has 0 unspecified atom stereocenters. The van der Waals surface area contributed by atoms with Crippen LogP contribution >= 0.6 is 0 Å². The van der Waals surface area contributed by atoms with Crippen molar-refractivity contribution in [1.82, 2.24) is 16.0 Å². The Labute approximate surface area is 174 Å². The van der Waals surface area contributed by atoms with Crippen LogP contribution in [0.5, 0.6) is 0 Å². The molecule has 2 aromatic rings. The van der Waals surface area contributed by atoms with Crippen molar-refractivity contribution in [2.45, 2.75) is 51.1 Å². The second-order valence-corrected chi connectivity index (χ2v) is 8.83. The second-order valence-electron chi connectivity index (χ2n) is 8.83. The third kappa shape index (κ3) is 5.83. The molecule has 0 atom stereocenters. The van der Waals surface area contributed by atoms with Crippen LogP contribution < -0.4 is 16.0 Å². The molecule has 1 saturated carbocycles. The molecule has 3 rings (SSSR count). The van der Waals surface area contributed by atoms with Gasteiger partial charge in [-0.05, 0) is 56.9 Å². The molecule has 154 valence electrons. The molecule has 5 nitrogen and oxygen atoms in total. The summed E-state index contributed by atoms with van der Waals surface area (Å²) in [4.78, 5) is 16.7. The van der Waals surface area contributed by atoms with E-state index in [2.05, 4.69) is 51.3 Å². The maximum absolute atomic E-state index is 12.4. The Kier molecular flexibility index (Phi) is 6.26. The van der Waals surface area contributed by atoms with E-state index in [-0.39, 0.29) is 16.9 Å². The first-order chi connectivity index (χ1) is 13.8. The molecule has 5 heteroatoms. The molecular formula is C24H32N4O. The smallest absolute Gasteiger partial charge is 0.251 e. The van der Waals surface area contributed by atoms with E-state index in [1.165, 1.54) is 18.4 Å². The van der Waals surface area contributed by atoms with Gasteiger partial charge in [-0.15, -0.1) is 0 Å². The Hall–Kier alpha value is -2.82. The zero-order valence-electron chi connectivity index (χ0n) is 17.9. The highest BCUT2D eigenvalue weighted by molar-refractivity contribution is 5.94. The number of hydrogen-bond donors (Lipinski definition) is 3. The number of aliphatic imine (C=N–C) groups is 1. The van der Waals surface area contributed by atoms with Gasteiger partial charge < -0.3 is 16.0 Å². The number of carbonyl (C=O) groups excluding carboxylic acids is 1. The van der Waals surface area contributed by atoms with Crippen LogP contribution in [0.2, 0.25) is 0 Å². The van der Waals surface area contributed by atoms with E-state index in [0.29, 0.717) is 12.1 Å². The minimum atomic E-state index is -0.255. The summed E-state index contributed by atoms with van der Waals surface area (Å²) in [5.74, 6) is 0.720. The Morgan fingerprint density at radius 2 is 1.76 bits per heavy atom. The van der Waals surface area contributed by atoms with E-state index in [1.54, 1.807) is 7.05 Å². The van der Waals surface area contributed by atoms with Crippen molar-refractivity contribution in [3.63, 3.8) is 0 Å². The van der Waals surface area contributed by atoms with Gasteiger partial charge in [0.25, 0.3) is 5.91 Å². The summed E-state index contributed by atoms with van der Waals surface area (Å²) in [7, 11) is 1.78. The monoisotopic (exact) mass is 392 g/mol. The van der Waals surface area contributed by atoms with E-state index in [1.807, 2.05) is 45.0 Å². The van der Waals surface area contributed by atoms with Gasteiger partial charge in [0.2, 0.25) is 0 Å². The van der Waals surface area contributed by atoms with E-state index >= 15 is 0 Å². The van der Waals surface area contributed by atoms with Gasteiger partial charge in [-0.25, -0.2) is 0 Å². The predicted octanol–water partition coefficient (Wildman–Crippen LogP) is 3.61. The number of amides is 1. The van der Waals surface area contributed by atoms with Gasteiger partial charge in [-0.3, -0.25) is 9.79 Å². The fourth-order valence-electron chi connectivity index (χ4n) is 3.40. The Balaban J connectivity index is 1.55. The molecule has 1 fully saturated rings. The SMILES string of the molecule is CN=C(NCc1cccc(C(=O)NC(C)(C)C)c1)NCC1(c2ccccc2)CC1. The topological polar surface area (TPSA) is 65.5 Å². The quantitative estimate of drug-likeness (QED) is 0.520. The van der Waals surface area contributed by atoms with Gasteiger partial charge in [0, 0.05) is 36.7 Å². The van der Waals surface area contributed by atoms with Gasteiger partial charge >= 0.3 is 0 Å². The highest BCUT2D eigenvalue weighted by Gasteiger charge is 2.43. The van der Waals surface area contributed by atoms with E-state index in [4.69, 9.17) is 0 Å². The number of rotatable bonds is 6. The highest BCUT2D eigenvalue weighted by Crippen LogP contribution is 2.47. The van der Waals surface area contributed by atoms with Crippen LogP contribution in [0.4, 0.5) is 0 Å². The van der Waals surface area contributed by atoms with Crippen molar-refractivity contribution >= 4 is 11.9 Å². The second kappa shape index (κ2) is 8.68. The standard InChI is InChI=1S/C24H32N4O/c1-23(2,3)28-21(29)19-10-8-9-18(15-19)16-26-22(25-4)27-17-24(13-14-24)20-11-6-5-7-12-20/h5-12,15H,13-14,16-17H2,1-4H3,(H,28,29)(H2,25,26,27). The minimum absolute atomic E-state index is 0.0552. The van der Waals surface area contributed by atoms with Crippen LogP contribution in [0.1, 0.15) is 55.1 Å². The Morgan fingerprint density at radius 3 is 2.38 bits per heavy atom. The molecule has 3 N–H and O–H groups in total. The fraction of sp³-hybridized carbons (Fsp3) is 0.417. The van der Waals surface area contributed by atoms with Crippen LogP contribution in [0.3, 0.4) is 0 Å². The molecule has 0 saturated heterocycles. The van der Waals surface area contributed by atoms with Gasteiger partial charge in [0.05, 0.1) is 0 Å². The molecule has 1 amide bonds. The van der Waals surface area contributed by atoms with Crippen molar-refractivity contribution in [1.29, 1.82) is 0 Å². The molecule has 0 radical (unpaired) electrons. The number of carbonyl (C=O) groups is 1. The summed E-state index contributed by atoms with van der Waals surface area (Å²) in [6, 6.07) is 18.4. The van der Waals surface area contributed by atoms with Crippen molar-refractivity contribution in [3.05, 3.63) is 71.3 Å². The van der Waals surface area contributed by atoms with E-state index in [0.717, 1.165) is 18.1 Å². The lowest BCUT2D eigenvalue weighted by Gasteiger charge is -2.21. The van der Waals surface area contributed by atoms with E-state index in [9.17, 15) is 4.79 Å². The average molecular weight is 393 g/mol. The van der Waals surface area contributed by atoms with Crippen molar-refractivity contribution < 1.29 is 4.79 Å². The maximum atomic E-state index is 12.4. The van der Waals surface area contributed by atoms with Crippen LogP contribution in [0.25, 0.3) is 0 Å². The molecule has 29 heavy (non-hydrogen) atoms. The summed E-state index contributed by atoms with van der Waals surface area (Å²) in [6.45, 7) is 7.41. The summed E-state index contributed by atoms with van der Waals surface area (Å²) in [5.41, 5.74) is 3.07. The summed E-state index contributed by atoms with van der Waals surface area (Å²) >= 11 is 0. The van der Waals surface area contributed by atoms with Crippen molar-refractivity contribution in [2.75, 3.05) is 13.6 Å². The molecule has 2 aromatic carbocycles. The number of hydrogen-bond acceptors (Lipinski definition) is 2. The molecule has 0 aromatic heterocycles. The normalized spacial score (nSPS) is 15.5. The lowest BCUT2D eigenvalue weighted by atomic mass is 9.96. The first kappa shape index (κ1) is 20.9. The average Bonchev–Trinajstić information content (AvgIpc) is 3.49. The maximum Gasteiger partial charge on any atom is 0.251 e. The number of nitrogens with one attached hydrogen (secondary N) is 3. The molecule has 0 spiro atoms. The summed E-state index contributed by atoms with van der Waals surface area (Å²) in [6.07, 6.45) is 2.40. The Morgan fingerprint density at radius 1 is 1.03 bits per heavy atom. The summed E-state index contributed by atoms with van der Waals surface area (Å²) in [5, 5.41) is 9.83. The fourth-order valence-corrected chi connectivity index (χ4v) is 3.40. The molecule has 0 bridgehead atoms. The minimum Gasteiger partial charge on any atom is -0.356 e. The first-order valence-corrected chi connectivity index (χ1v) is 10.2. The third-order valence-corrected chi connectivity index (χ3v) is 5.20. The van der Waals surface area contributed by atoms with Gasteiger partial charge in [0.1, 0.15) is 0 Å². The molecule has 1 aliphatic rings. The first-order valence-electron chi connectivity index (χ1n) is 10.2. The molecule has 1 aliphatic carbocycles. The van der Waals surface area contributed by atoms with Gasteiger partial charge in [-0.2, -0.15) is 0 Å². The zero-order valence-corrected chi connectivity index (χ0v) is 17.9. The zero-order chi connectivity index (χ0) is 20.9. The van der Waals surface area contributed by atoms with Crippen LogP contribution in [0, 0.1) is 0 Å². The largest absolute Gasteiger partial charge is 0.356 e. The highest BCUT2D eigenvalue weighted by atomic mass is 16.1. The molecule has 0 heterocycles. The lowest BCUT2D eigenvalue weighted by molar-refractivity contribution is 0.0919. The van der Waals surface area contributed by atoms with Gasteiger partial charge in [-0.1, -0.05) is 42.5 Å². The van der Waals surface area contributed by atoms with Crippen LogP contribution in [-0.4, -0.2) is 31.0 Å². The van der Waals surface area contributed by atoms with E-state index < -0.39 is 0 Å². The number of nitrogens with zero attached hydrogens (tertiary/aromatic N) is 1. The van der Waals surface area contributed by atoms with Crippen molar-refractivity contribution in [3.8, 4) is 0 Å². The van der Waals surface area contributed by atoms with Crippen molar-refractivity contribution in [2.24, 2.45) is 4.99 Å². The third-order valence-electron chi connectivity index (χ3n) is 5.20. The number of guanidine groups is 1. The predicted molar refractivity (Wildman–Crippen MR) is 119 cm³/mol. The number of benzene rings is 2. The van der Waals surface area contributed by atoms with Gasteiger partial charge in [0.15, 0.2) is 5.96 Å². The lowest BCUT2D eigenvalue weighted by Crippen LogP contribution is -2.41. The van der Waals surface area contributed by atoms with Crippen LogP contribution in [-0.2, 0) is 12.0 Å². The van der Waals surface area contributed by atoms with Crippen LogP contribution in [0.15, 0.2) is 59.6 Å².